The highest BCUT2D eigenvalue weighted by Gasteiger charge is 2.07. The Hall–Kier alpha value is -2.92. The van der Waals surface area contributed by atoms with Crippen LogP contribution in [-0.2, 0) is 0 Å². The Balaban J connectivity index is 1.68. The van der Waals surface area contributed by atoms with Crippen LogP contribution in [0.5, 0.6) is 0 Å². The third kappa shape index (κ3) is 3.64. The van der Waals surface area contributed by atoms with E-state index in [-0.39, 0.29) is 5.91 Å². The van der Waals surface area contributed by atoms with Crippen LogP contribution in [0.4, 0.5) is 0 Å². The maximum Gasteiger partial charge on any atom is 0.272 e. The van der Waals surface area contributed by atoms with Crippen molar-refractivity contribution in [1.29, 1.82) is 0 Å². The minimum atomic E-state index is -0.341. The van der Waals surface area contributed by atoms with Crippen LogP contribution in [0.2, 0.25) is 5.02 Å². The number of hydrogen-bond acceptors (Lipinski definition) is 4. The molecule has 3 aromatic rings. The Labute approximate surface area is 137 Å². The fraction of sp³-hybridized carbons (Fsp3) is 0. The molecule has 0 bridgehead atoms. The lowest BCUT2D eigenvalue weighted by Crippen LogP contribution is -2.17. The number of nitrogens with one attached hydrogen (secondary N) is 1. The van der Waals surface area contributed by atoms with Crippen molar-refractivity contribution in [1.82, 2.24) is 10.4 Å². The predicted molar refractivity (Wildman–Crippen MR) is 88.5 cm³/mol. The quantitative estimate of drug-likeness (QED) is 0.586. The lowest BCUT2D eigenvalue weighted by molar-refractivity contribution is 0.0955. The molecule has 2 heterocycles. The maximum absolute atomic E-state index is 11.8. The summed E-state index contributed by atoms with van der Waals surface area (Å²) >= 11 is 6.13. The molecule has 0 unspecified atom stereocenters. The summed E-state index contributed by atoms with van der Waals surface area (Å²) in [5.74, 6) is 0.800. The summed E-state index contributed by atoms with van der Waals surface area (Å²) in [5.41, 5.74) is 3.64. The lowest BCUT2D eigenvalue weighted by atomic mass is 10.2. The van der Waals surface area contributed by atoms with Gasteiger partial charge in [0.2, 0.25) is 0 Å². The molecule has 0 aliphatic rings. The van der Waals surface area contributed by atoms with E-state index in [4.69, 9.17) is 16.0 Å². The second kappa shape index (κ2) is 6.89. The third-order valence-electron chi connectivity index (χ3n) is 3.05. The first-order chi connectivity index (χ1) is 11.2. The number of pyridine rings is 1. The van der Waals surface area contributed by atoms with Gasteiger partial charge >= 0.3 is 0 Å². The molecule has 1 aromatic carbocycles. The zero-order valence-corrected chi connectivity index (χ0v) is 12.7. The fourth-order valence-corrected chi connectivity index (χ4v) is 2.17. The molecule has 0 aliphatic heterocycles. The number of carbonyl (C=O) groups is 1. The summed E-state index contributed by atoms with van der Waals surface area (Å²) in [4.78, 5) is 15.7. The van der Waals surface area contributed by atoms with Gasteiger partial charge in [-0.15, -0.1) is 0 Å². The second-order valence-electron chi connectivity index (χ2n) is 4.62. The van der Waals surface area contributed by atoms with E-state index >= 15 is 0 Å². The van der Waals surface area contributed by atoms with E-state index < -0.39 is 0 Å². The van der Waals surface area contributed by atoms with Crippen molar-refractivity contribution in [3.05, 3.63) is 77.3 Å². The molecule has 2 aromatic heterocycles. The van der Waals surface area contributed by atoms with Gasteiger partial charge < -0.3 is 4.42 Å². The molecule has 6 heteroatoms. The molecular weight excluding hydrogens is 314 g/mol. The summed E-state index contributed by atoms with van der Waals surface area (Å²) in [7, 11) is 0. The second-order valence-corrected chi connectivity index (χ2v) is 5.03. The van der Waals surface area contributed by atoms with Gasteiger partial charge in [0, 0.05) is 18.0 Å². The molecular formula is C17H12ClN3O2. The number of furan rings is 1. The molecule has 0 fully saturated rings. The molecule has 0 radical (unpaired) electrons. The van der Waals surface area contributed by atoms with Crippen LogP contribution in [0.1, 0.15) is 16.1 Å². The highest BCUT2D eigenvalue weighted by atomic mass is 35.5. The minimum Gasteiger partial charge on any atom is -0.455 e. The highest BCUT2D eigenvalue weighted by Crippen LogP contribution is 2.28. The van der Waals surface area contributed by atoms with Crippen LogP contribution >= 0.6 is 11.6 Å². The first-order valence-corrected chi connectivity index (χ1v) is 7.20. The van der Waals surface area contributed by atoms with E-state index in [0.717, 1.165) is 5.56 Å². The van der Waals surface area contributed by atoms with Gasteiger partial charge in [0.25, 0.3) is 5.91 Å². The van der Waals surface area contributed by atoms with E-state index in [0.29, 0.717) is 22.1 Å². The number of hydrazone groups is 1. The van der Waals surface area contributed by atoms with E-state index in [1.807, 2.05) is 18.2 Å². The molecule has 0 saturated carbocycles. The van der Waals surface area contributed by atoms with Gasteiger partial charge in [-0.2, -0.15) is 5.10 Å². The Bertz CT molecular complexity index is 844. The normalized spacial score (nSPS) is 10.8. The first kappa shape index (κ1) is 15.0. The largest absolute Gasteiger partial charge is 0.455 e. The van der Waals surface area contributed by atoms with Crippen molar-refractivity contribution >= 4 is 23.7 Å². The number of halogens is 1. The van der Waals surface area contributed by atoms with Crippen LogP contribution in [0.15, 0.2) is 70.4 Å². The number of rotatable bonds is 4. The monoisotopic (exact) mass is 325 g/mol. The molecule has 1 amide bonds. The Morgan fingerprint density at radius 2 is 2.04 bits per heavy atom. The average molecular weight is 326 g/mol. The van der Waals surface area contributed by atoms with Crippen molar-refractivity contribution in [2.75, 3.05) is 0 Å². The van der Waals surface area contributed by atoms with Gasteiger partial charge in [-0.25, -0.2) is 5.43 Å². The summed E-state index contributed by atoms with van der Waals surface area (Å²) < 4.78 is 5.64. The van der Waals surface area contributed by atoms with Crippen molar-refractivity contribution in [2.45, 2.75) is 0 Å². The molecule has 5 nitrogen and oxygen atoms in total. The summed E-state index contributed by atoms with van der Waals surface area (Å²) in [6.07, 6.45) is 4.49. The van der Waals surface area contributed by atoms with Crippen molar-refractivity contribution in [3.8, 4) is 11.3 Å². The summed E-state index contributed by atoms with van der Waals surface area (Å²) in [5, 5.41) is 4.47. The number of amides is 1. The number of carbonyl (C=O) groups excluding carboxylic acids is 1. The topological polar surface area (TPSA) is 67.5 Å². The van der Waals surface area contributed by atoms with E-state index in [2.05, 4.69) is 15.5 Å². The zero-order chi connectivity index (χ0) is 16.1. The Morgan fingerprint density at radius 1 is 1.17 bits per heavy atom. The molecule has 0 spiro atoms. The highest BCUT2D eigenvalue weighted by molar-refractivity contribution is 6.33. The van der Waals surface area contributed by atoms with E-state index in [9.17, 15) is 4.79 Å². The standard InChI is InChI=1S/C17H12ClN3O2/c18-15-6-2-1-5-14(15)16-8-7-13(23-16)11-20-21-17(22)12-4-3-9-19-10-12/h1-11H,(H,21,22)/b20-11+. The van der Waals surface area contributed by atoms with Gasteiger partial charge in [0.1, 0.15) is 11.5 Å². The maximum atomic E-state index is 11.8. The molecule has 1 N–H and O–H groups in total. The van der Waals surface area contributed by atoms with E-state index in [1.165, 1.54) is 12.4 Å². The van der Waals surface area contributed by atoms with Gasteiger partial charge in [-0.3, -0.25) is 9.78 Å². The van der Waals surface area contributed by atoms with Crippen molar-refractivity contribution in [3.63, 3.8) is 0 Å². The van der Waals surface area contributed by atoms with Gasteiger partial charge in [-0.05, 0) is 36.4 Å². The predicted octanol–water partition coefficient (Wildman–Crippen LogP) is 3.76. The number of aromatic nitrogens is 1. The Kier molecular flexibility index (Phi) is 4.49. The molecule has 0 saturated heterocycles. The Morgan fingerprint density at radius 3 is 2.83 bits per heavy atom. The smallest absolute Gasteiger partial charge is 0.272 e. The molecule has 23 heavy (non-hydrogen) atoms. The van der Waals surface area contributed by atoms with Crippen molar-refractivity contribution in [2.24, 2.45) is 5.10 Å². The SMILES string of the molecule is O=C(N/N=C/c1ccc(-c2ccccc2Cl)o1)c1cccnc1. The average Bonchev–Trinajstić information content (AvgIpc) is 3.04. The lowest BCUT2D eigenvalue weighted by Gasteiger charge is -1.99. The van der Waals surface area contributed by atoms with Crippen LogP contribution in [0.3, 0.4) is 0 Å². The van der Waals surface area contributed by atoms with Crippen LogP contribution in [-0.4, -0.2) is 17.1 Å². The van der Waals surface area contributed by atoms with E-state index in [1.54, 1.807) is 36.5 Å². The molecule has 114 valence electrons. The van der Waals surface area contributed by atoms with Crippen molar-refractivity contribution < 1.29 is 9.21 Å². The molecule has 0 aliphatic carbocycles. The fourth-order valence-electron chi connectivity index (χ4n) is 1.94. The van der Waals surface area contributed by atoms with Gasteiger partial charge in [0.05, 0.1) is 16.8 Å². The molecule has 0 atom stereocenters. The van der Waals surface area contributed by atoms with Crippen LogP contribution < -0.4 is 5.43 Å². The van der Waals surface area contributed by atoms with Gasteiger partial charge in [0.15, 0.2) is 0 Å². The first-order valence-electron chi connectivity index (χ1n) is 6.82. The summed E-state index contributed by atoms with van der Waals surface area (Å²) in [6, 6.07) is 14.3. The van der Waals surface area contributed by atoms with Crippen LogP contribution in [0.25, 0.3) is 11.3 Å². The zero-order valence-electron chi connectivity index (χ0n) is 11.9. The number of benzene rings is 1. The molecule has 3 rings (SSSR count). The third-order valence-corrected chi connectivity index (χ3v) is 3.38. The number of nitrogens with zero attached hydrogens (tertiary/aromatic N) is 2. The number of hydrogen-bond donors (Lipinski definition) is 1. The minimum absolute atomic E-state index is 0.341. The van der Waals surface area contributed by atoms with Gasteiger partial charge in [-0.1, -0.05) is 23.7 Å². The van der Waals surface area contributed by atoms with Crippen LogP contribution in [0, 0.1) is 0 Å². The summed E-state index contributed by atoms with van der Waals surface area (Å²) in [6.45, 7) is 0.